The van der Waals surface area contributed by atoms with Gasteiger partial charge in [-0.3, -0.25) is 0 Å². The number of nitrogen functional groups attached to an aromatic ring is 1. The second-order valence-electron chi connectivity index (χ2n) is 3.63. The molecule has 0 aliphatic carbocycles. The van der Waals surface area contributed by atoms with Crippen LogP contribution in [0.3, 0.4) is 0 Å². The third kappa shape index (κ3) is 1.62. The zero-order chi connectivity index (χ0) is 10.8. The highest BCUT2D eigenvalue weighted by atomic mass is 15.4. The molecule has 1 unspecified atom stereocenters. The third-order valence-corrected chi connectivity index (χ3v) is 2.42. The van der Waals surface area contributed by atoms with Gasteiger partial charge in [-0.1, -0.05) is 20.3 Å². The largest absolute Gasteiger partial charge is 0.380 e. The second kappa shape index (κ2) is 3.80. The van der Waals surface area contributed by atoms with Crippen LogP contribution in [-0.2, 0) is 0 Å². The summed E-state index contributed by atoms with van der Waals surface area (Å²) >= 11 is 0. The van der Waals surface area contributed by atoms with Crippen LogP contribution in [0.5, 0.6) is 0 Å². The Hall–Kier alpha value is -1.72. The van der Waals surface area contributed by atoms with Crippen molar-refractivity contribution < 1.29 is 0 Å². The van der Waals surface area contributed by atoms with Gasteiger partial charge in [0.25, 0.3) is 0 Å². The molecule has 0 radical (unpaired) electrons. The summed E-state index contributed by atoms with van der Waals surface area (Å²) in [6.07, 6.45) is 3.59. The van der Waals surface area contributed by atoms with Gasteiger partial charge < -0.3 is 5.73 Å². The molecule has 0 saturated heterocycles. The van der Waals surface area contributed by atoms with Crippen LogP contribution < -0.4 is 5.73 Å². The summed E-state index contributed by atoms with van der Waals surface area (Å²) in [7, 11) is 0. The van der Waals surface area contributed by atoms with Gasteiger partial charge in [0, 0.05) is 5.92 Å². The van der Waals surface area contributed by atoms with Crippen LogP contribution in [0.1, 0.15) is 38.4 Å². The van der Waals surface area contributed by atoms with Crippen molar-refractivity contribution in [1.29, 1.82) is 0 Å². The fourth-order valence-electron chi connectivity index (χ4n) is 1.63. The molecular formula is C9H14N6. The maximum atomic E-state index is 5.67. The van der Waals surface area contributed by atoms with E-state index in [2.05, 4.69) is 34.1 Å². The number of aromatic nitrogens is 5. The van der Waals surface area contributed by atoms with Gasteiger partial charge in [0.2, 0.25) is 5.65 Å². The molecule has 1 atom stereocenters. The first-order chi connectivity index (χ1) is 7.24. The van der Waals surface area contributed by atoms with Crippen molar-refractivity contribution in [1.82, 2.24) is 24.8 Å². The Balaban J connectivity index is 2.49. The van der Waals surface area contributed by atoms with Gasteiger partial charge in [0.15, 0.2) is 11.6 Å². The average Bonchev–Trinajstić information content (AvgIpc) is 2.63. The predicted molar refractivity (Wildman–Crippen MR) is 56.3 cm³/mol. The second-order valence-corrected chi connectivity index (χ2v) is 3.63. The molecular weight excluding hydrogens is 192 g/mol. The quantitative estimate of drug-likeness (QED) is 0.810. The van der Waals surface area contributed by atoms with Crippen molar-refractivity contribution in [3.05, 3.63) is 12.2 Å². The van der Waals surface area contributed by atoms with E-state index in [0.717, 1.165) is 18.7 Å². The fourth-order valence-corrected chi connectivity index (χ4v) is 1.63. The molecule has 0 aliphatic heterocycles. The zero-order valence-corrected chi connectivity index (χ0v) is 8.88. The molecule has 2 heterocycles. The highest BCUT2D eigenvalue weighted by Gasteiger charge is 2.14. The first-order valence-electron chi connectivity index (χ1n) is 5.05. The summed E-state index contributed by atoms with van der Waals surface area (Å²) < 4.78 is 1.67. The number of hydrogen-bond donors (Lipinski definition) is 1. The van der Waals surface area contributed by atoms with E-state index in [1.165, 1.54) is 6.33 Å². The highest BCUT2D eigenvalue weighted by molar-refractivity contribution is 5.57. The molecule has 0 fully saturated rings. The van der Waals surface area contributed by atoms with Crippen LogP contribution in [0.4, 0.5) is 5.82 Å². The average molecular weight is 206 g/mol. The lowest BCUT2D eigenvalue weighted by molar-refractivity contribution is 0.605. The van der Waals surface area contributed by atoms with Crippen molar-refractivity contribution in [2.45, 2.75) is 32.6 Å². The summed E-state index contributed by atoms with van der Waals surface area (Å²) in [6.45, 7) is 4.25. The number of anilines is 1. The Kier molecular flexibility index (Phi) is 2.49. The minimum absolute atomic E-state index is 0.333. The van der Waals surface area contributed by atoms with Crippen LogP contribution in [0.2, 0.25) is 0 Å². The van der Waals surface area contributed by atoms with E-state index < -0.39 is 0 Å². The number of rotatable bonds is 3. The van der Waals surface area contributed by atoms with Gasteiger partial charge in [0.05, 0.1) is 0 Å². The van der Waals surface area contributed by atoms with E-state index in [9.17, 15) is 0 Å². The van der Waals surface area contributed by atoms with Crippen molar-refractivity contribution in [3.63, 3.8) is 0 Å². The smallest absolute Gasteiger partial charge is 0.220 e. The molecule has 0 aliphatic rings. The van der Waals surface area contributed by atoms with Crippen molar-refractivity contribution in [2.75, 3.05) is 5.73 Å². The molecule has 2 rings (SSSR count). The summed E-state index contributed by atoms with van der Waals surface area (Å²) in [5, 5.41) is 12.2. The standard InChI is InChI=1S/C9H14N6/c1-3-4-6(2)8-13-14-9-7(10)11-5-12-15(8)9/h5-6H,3-4H2,1-2H3,(H2,10,11,12). The van der Waals surface area contributed by atoms with Crippen LogP contribution in [-0.4, -0.2) is 24.8 Å². The first kappa shape index (κ1) is 9.82. The maximum Gasteiger partial charge on any atom is 0.220 e. The summed E-state index contributed by atoms with van der Waals surface area (Å²) in [5.74, 6) is 1.55. The third-order valence-electron chi connectivity index (χ3n) is 2.42. The number of nitrogens with two attached hydrogens (primary N) is 1. The van der Waals surface area contributed by atoms with Gasteiger partial charge >= 0.3 is 0 Å². The van der Waals surface area contributed by atoms with E-state index in [1.807, 2.05) is 0 Å². The molecule has 0 spiro atoms. The molecule has 2 aromatic rings. The Morgan fingerprint density at radius 1 is 1.47 bits per heavy atom. The molecule has 80 valence electrons. The fraction of sp³-hybridized carbons (Fsp3) is 0.556. The monoisotopic (exact) mass is 206 g/mol. The molecule has 0 amide bonds. The first-order valence-corrected chi connectivity index (χ1v) is 5.05. The van der Waals surface area contributed by atoms with Gasteiger partial charge in [-0.15, -0.1) is 10.2 Å². The summed E-state index contributed by atoms with van der Waals surface area (Å²) in [5.41, 5.74) is 6.21. The Bertz CT molecular complexity index is 463. The Morgan fingerprint density at radius 2 is 2.27 bits per heavy atom. The number of nitrogens with zero attached hydrogens (tertiary/aromatic N) is 5. The predicted octanol–water partition coefficient (Wildman–Crippen LogP) is 1.01. The van der Waals surface area contributed by atoms with E-state index >= 15 is 0 Å². The van der Waals surface area contributed by atoms with Crippen molar-refractivity contribution in [2.24, 2.45) is 0 Å². The molecule has 2 aromatic heterocycles. The molecule has 6 heteroatoms. The molecule has 0 aromatic carbocycles. The van der Waals surface area contributed by atoms with Crippen molar-refractivity contribution >= 4 is 11.5 Å². The highest BCUT2D eigenvalue weighted by Crippen LogP contribution is 2.19. The molecule has 0 bridgehead atoms. The van der Waals surface area contributed by atoms with Crippen LogP contribution in [0, 0.1) is 0 Å². The zero-order valence-electron chi connectivity index (χ0n) is 8.88. The van der Waals surface area contributed by atoms with Crippen LogP contribution >= 0.6 is 0 Å². The SMILES string of the molecule is CCCC(C)c1nnc2c(N)ncnn12. The van der Waals surface area contributed by atoms with Gasteiger partial charge in [-0.2, -0.15) is 9.61 Å². The Morgan fingerprint density at radius 3 is 3.00 bits per heavy atom. The van der Waals surface area contributed by atoms with E-state index in [4.69, 9.17) is 5.73 Å². The number of fused-ring (bicyclic) bond motifs is 1. The molecule has 15 heavy (non-hydrogen) atoms. The normalized spacial score (nSPS) is 13.2. The number of hydrogen-bond acceptors (Lipinski definition) is 5. The van der Waals surface area contributed by atoms with Crippen LogP contribution in [0.15, 0.2) is 6.33 Å². The lowest BCUT2D eigenvalue weighted by atomic mass is 10.1. The molecule has 2 N–H and O–H groups in total. The molecule has 6 nitrogen and oxygen atoms in total. The summed E-state index contributed by atoms with van der Waals surface area (Å²) in [6, 6.07) is 0. The van der Waals surface area contributed by atoms with E-state index in [0.29, 0.717) is 17.4 Å². The van der Waals surface area contributed by atoms with Crippen LogP contribution in [0.25, 0.3) is 5.65 Å². The minimum atomic E-state index is 0.333. The Labute approximate surface area is 87.5 Å². The minimum Gasteiger partial charge on any atom is -0.380 e. The lowest BCUT2D eigenvalue weighted by Crippen LogP contribution is -2.05. The van der Waals surface area contributed by atoms with E-state index in [1.54, 1.807) is 4.52 Å². The van der Waals surface area contributed by atoms with Gasteiger partial charge in [0.1, 0.15) is 6.33 Å². The van der Waals surface area contributed by atoms with Gasteiger partial charge in [-0.25, -0.2) is 4.98 Å². The van der Waals surface area contributed by atoms with Gasteiger partial charge in [-0.05, 0) is 6.42 Å². The maximum absolute atomic E-state index is 5.67. The van der Waals surface area contributed by atoms with E-state index in [-0.39, 0.29) is 0 Å². The summed E-state index contributed by atoms with van der Waals surface area (Å²) in [4.78, 5) is 3.87. The lowest BCUT2D eigenvalue weighted by Gasteiger charge is -2.06. The topological polar surface area (TPSA) is 82.0 Å². The van der Waals surface area contributed by atoms with Crippen molar-refractivity contribution in [3.8, 4) is 0 Å². The molecule has 0 saturated carbocycles.